The van der Waals surface area contributed by atoms with Gasteiger partial charge in [0.1, 0.15) is 40.7 Å². The Morgan fingerprint density at radius 2 is 1.46 bits per heavy atom. The molecule has 0 spiro atoms. The summed E-state index contributed by atoms with van der Waals surface area (Å²) in [4.78, 5) is 20.2. The van der Waals surface area contributed by atoms with Crippen LogP contribution in [0.3, 0.4) is 0 Å². The molecule has 5 atom stereocenters. The van der Waals surface area contributed by atoms with E-state index >= 15 is 0 Å². The van der Waals surface area contributed by atoms with Gasteiger partial charge in [-0.05, 0) is 80.8 Å². The Morgan fingerprint density at radius 3 is 2.00 bits per heavy atom. The first-order valence-corrected chi connectivity index (χ1v) is 20.2. The van der Waals surface area contributed by atoms with Crippen LogP contribution in [0.25, 0.3) is 0 Å². The lowest BCUT2D eigenvalue weighted by Crippen LogP contribution is -2.63. The molecule has 2 fully saturated rings. The van der Waals surface area contributed by atoms with E-state index in [2.05, 4.69) is 10.7 Å². The van der Waals surface area contributed by atoms with E-state index in [1.807, 2.05) is 125 Å². The number of amides is 1. The Balaban J connectivity index is 1.45. The first-order valence-electron chi connectivity index (χ1n) is 19.6. The molecule has 0 radical (unpaired) electrons. The molecule has 0 N–H and O–H groups in total. The van der Waals surface area contributed by atoms with Crippen LogP contribution in [-0.2, 0) is 33.8 Å². The second kappa shape index (κ2) is 19.2. The molecule has 2 saturated heterocycles. The van der Waals surface area contributed by atoms with E-state index in [0.717, 1.165) is 16.7 Å². The zero-order valence-electron chi connectivity index (χ0n) is 34.3. The molecule has 2 aliphatic heterocycles. The van der Waals surface area contributed by atoms with E-state index in [4.69, 9.17) is 37.6 Å². The molecule has 0 saturated carbocycles. The molecule has 2 heterocycles. The second-order valence-electron chi connectivity index (χ2n) is 14.3. The summed E-state index contributed by atoms with van der Waals surface area (Å²) < 4.78 is 55.6. The standard InChI is InChI=1S/C44H52N3O9P/c1-32(2)47(33(3)4)57(54-27-13-26-45)56-42-40-28-52-43(42,30-46(55-40)41(48)29-51-39-16-11-8-12-17-39)31-53-44(34-14-9-7-10-15-34,35-18-22-37(49-5)23-19-35)36-20-24-38(50-6)25-21-36/h7-12,14-25,32-33,40,42H,13,27-31H2,1-6H3/t40-,42?,43-,57?/m1/s1/i28T/t28-,40+,42?,43+,57?/m0. The van der Waals surface area contributed by atoms with Gasteiger partial charge in [-0.25, -0.2) is 9.73 Å². The number of hydroxylamine groups is 2. The fourth-order valence-electron chi connectivity index (χ4n) is 7.17. The lowest BCUT2D eigenvalue weighted by molar-refractivity contribution is -0.260. The summed E-state index contributed by atoms with van der Waals surface area (Å²) >= 11 is 0. The number of carbonyl (C=O) groups excluding carboxylic acids is 1. The monoisotopic (exact) mass is 799 g/mol. The molecule has 13 heteroatoms. The minimum absolute atomic E-state index is 0.000591. The van der Waals surface area contributed by atoms with Crippen molar-refractivity contribution >= 4 is 14.4 Å². The molecule has 4 aromatic carbocycles. The van der Waals surface area contributed by atoms with Gasteiger partial charge < -0.3 is 32.7 Å². The number of methoxy groups -OCH3 is 2. The van der Waals surface area contributed by atoms with Crippen LogP contribution in [0.5, 0.6) is 17.2 Å². The third-order valence-electron chi connectivity index (χ3n) is 9.87. The minimum atomic E-state index is -1.82. The Kier molecular flexibility index (Phi) is 13.7. The highest BCUT2D eigenvalue weighted by Gasteiger charge is 2.60. The van der Waals surface area contributed by atoms with Gasteiger partial charge in [-0.3, -0.25) is 9.63 Å². The molecule has 2 unspecified atom stereocenters. The normalized spacial score (nSPS) is 21.3. The van der Waals surface area contributed by atoms with Crippen LogP contribution in [0, 0.1) is 11.3 Å². The Bertz CT molecular complexity index is 1900. The first kappa shape index (κ1) is 40.6. The van der Waals surface area contributed by atoms with Crippen molar-refractivity contribution in [2.75, 3.05) is 47.2 Å². The zero-order chi connectivity index (χ0) is 41.3. The van der Waals surface area contributed by atoms with Crippen molar-refractivity contribution in [2.24, 2.45) is 0 Å². The third kappa shape index (κ3) is 9.43. The highest BCUT2D eigenvalue weighted by molar-refractivity contribution is 7.44. The first-order chi connectivity index (χ1) is 28.0. The Labute approximate surface area is 338 Å². The summed E-state index contributed by atoms with van der Waals surface area (Å²) in [5, 5.41) is 10.6. The predicted molar refractivity (Wildman–Crippen MR) is 216 cm³/mol. The van der Waals surface area contributed by atoms with Crippen LogP contribution in [0.1, 0.15) is 52.2 Å². The fraction of sp³-hybridized carbons (Fsp3) is 0.409. The molecule has 2 bridgehead atoms. The Hall–Kier alpha value is -4.57. The van der Waals surface area contributed by atoms with Gasteiger partial charge in [0, 0.05) is 12.1 Å². The van der Waals surface area contributed by atoms with Crippen molar-refractivity contribution in [3.63, 3.8) is 0 Å². The second-order valence-corrected chi connectivity index (χ2v) is 15.7. The molecule has 4 aromatic rings. The molecule has 57 heavy (non-hydrogen) atoms. The number of hydrogen-bond acceptors (Lipinski definition) is 11. The predicted octanol–water partition coefficient (Wildman–Crippen LogP) is 7.66. The van der Waals surface area contributed by atoms with Crippen LogP contribution in [0.15, 0.2) is 109 Å². The lowest BCUT2D eigenvalue weighted by atomic mass is 9.79. The van der Waals surface area contributed by atoms with Gasteiger partial charge in [0.05, 0.1) is 54.4 Å². The van der Waals surface area contributed by atoms with Crippen LogP contribution in [0.4, 0.5) is 0 Å². The fourth-order valence-corrected chi connectivity index (χ4v) is 8.98. The number of carbonyl (C=O) groups is 1. The van der Waals surface area contributed by atoms with Crippen LogP contribution >= 0.6 is 8.53 Å². The van der Waals surface area contributed by atoms with Crippen molar-refractivity contribution in [3.8, 4) is 23.3 Å². The molecule has 2 aliphatic rings. The quantitative estimate of drug-likeness (QED) is 0.0528. The SMILES string of the molecule is [3H][C@@H]1O[C@@]2(COC(c3ccccc3)(c3ccc(OC)cc3)c3ccc(OC)cc3)CN(C(=O)COc3ccccc3)O[C@H]1C2OP(OCCC#N)N(C(C)C)C(C)C. The van der Waals surface area contributed by atoms with Crippen LogP contribution < -0.4 is 14.2 Å². The van der Waals surface area contributed by atoms with Gasteiger partial charge in [-0.15, -0.1) is 0 Å². The average molecular weight is 800 g/mol. The van der Waals surface area contributed by atoms with E-state index in [9.17, 15) is 11.4 Å². The molecular weight excluding hydrogens is 745 g/mol. The van der Waals surface area contributed by atoms with E-state index < -0.39 is 44.4 Å². The highest BCUT2D eigenvalue weighted by atomic mass is 31.2. The van der Waals surface area contributed by atoms with Crippen LogP contribution in [-0.4, -0.2) is 92.7 Å². The van der Waals surface area contributed by atoms with Gasteiger partial charge >= 0.3 is 0 Å². The molecule has 302 valence electrons. The maximum Gasteiger partial charge on any atom is 0.284 e. The van der Waals surface area contributed by atoms with Gasteiger partial charge in [0.25, 0.3) is 14.4 Å². The minimum Gasteiger partial charge on any atom is -0.497 e. The summed E-state index contributed by atoms with van der Waals surface area (Å²) in [7, 11) is 1.41. The van der Waals surface area contributed by atoms with E-state index in [1.54, 1.807) is 26.4 Å². The summed E-state index contributed by atoms with van der Waals surface area (Å²) in [5.41, 5.74) is -0.299. The van der Waals surface area contributed by atoms with Crippen molar-refractivity contribution in [1.82, 2.24) is 9.73 Å². The number of fused-ring (bicyclic) bond motifs is 2. The maximum absolute atomic E-state index is 13.9. The molecule has 0 aliphatic carbocycles. The van der Waals surface area contributed by atoms with Gasteiger partial charge in [0.2, 0.25) is 0 Å². The van der Waals surface area contributed by atoms with E-state index in [0.29, 0.717) is 17.2 Å². The van der Waals surface area contributed by atoms with E-state index in [-0.39, 0.29) is 44.9 Å². The van der Waals surface area contributed by atoms with Crippen molar-refractivity contribution in [3.05, 3.63) is 126 Å². The zero-order valence-corrected chi connectivity index (χ0v) is 34.2. The number of ether oxygens (including phenoxy) is 5. The number of para-hydroxylation sites is 1. The highest BCUT2D eigenvalue weighted by Crippen LogP contribution is 2.53. The molecule has 1 amide bonds. The molecule has 12 nitrogen and oxygen atoms in total. The van der Waals surface area contributed by atoms with Crippen molar-refractivity contribution in [1.29, 1.82) is 5.26 Å². The van der Waals surface area contributed by atoms with Crippen molar-refractivity contribution < 1.29 is 43.7 Å². The van der Waals surface area contributed by atoms with Crippen molar-refractivity contribution in [2.45, 2.75) is 69.6 Å². The van der Waals surface area contributed by atoms with Gasteiger partial charge in [0.15, 0.2) is 6.61 Å². The van der Waals surface area contributed by atoms with Gasteiger partial charge in [-0.2, -0.15) is 5.26 Å². The number of benzene rings is 4. The number of nitrogens with zero attached hydrogens (tertiary/aromatic N) is 3. The number of rotatable bonds is 19. The summed E-state index contributed by atoms with van der Waals surface area (Å²) in [6, 6.07) is 36.4. The summed E-state index contributed by atoms with van der Waals surface area (Å²) in [5.74, 6) is 1.41. The molecule has 0 aromatic heterocycles. The summed E-state index contributed by atoms with van der Waals surface area (Å²) in [6.07, 6.45) is -1.84. The number of hydrogen-bond donors (Lipinski definition) is 0. The molecule has 6 rings (SSSR count). The maximum atomic E-state index is 13.9. The third-order valence-corrected chi connectivity index (χ3v) is 12.0. The largest absolute Gasteiger partial charge is 0.497 e. The average Bonchev–Trinajstić information content (AvgIpc) is 3.38. The topological polar surface area (TPSA) is 121 Å². The Morgan fingerprint density at radius 1 is 0.895 bits per heavy atom. The smallest absolute Gasteiger partial charge is 0.284 e. The van der Waals surface area contributed by atoms with Crippen LogP contribution in [0.2, 0.25) is 0 Å². The molecular formula is C44H52N3O9P. The van der Waals surface area contributed by atoms with E-state index in [1.165, 1.54) is 5.06 Å². The van der Waals surface area contributed by atoms with Gasteiger partial charge in [-0.1, -0.05) is 72.8 Å². The summed E-state index contributed by atoms with van der Waals surface area (Å²) in [6.45, 7) is 6.44. The number of nitriles is 1. The lowest BCUT2D eigenvalue weighted by Gasteiger charge is -2.47.